The summed E-state index contributed by atoms with van der Waals surface area (Å²) in [6.07, 6.45) is 43.1. The van der Waals surface area contributed by atoms with Crippen molar-refractivity contribution < 1.29 is 34.5 Å². The van der Waals surface area contributed by atoms with Gasteiger partial charge in [0.15, 0.2) is 0 Å². The van der Waals surface area contributed by atoms with Crippen LogP contribution in [0.4, 0.5) is 0 Å². The average Bonchev–Trinajstić information content (AvgIpc) is 3.27. The minimum atomic E-state index is -0.982. The molecule has 12 heteroatoms. The molecule has 384 valence electrons. The predicted octanol–water partition coefficient (Wildman–Crippen LogP) is 11.6. The smallest absolute Gasteiger partial charge is 0.317 e. The summed E-state index contributed by atoms with van der Waals surface area (Å²) >= 11 is 0. The first-order chi connectivity index (χ1) is 31.6. The van der Waals surface area contributed by atoms with Gasteiger partial charge in [0, 0.05) is 58.8 Å². The van der Waals surface area contributed by atoms with Crippen molar-refractivity contribution in [3.63, 3.8) is 0 Å². The number of hydrogen-bond donors (Lipinski definition) is 4. The summed E-state index contributed by atoms with van der Waals surface area (Å²) in [6, 6.07) is 0. The lowest BCUT2D eigenvalue weighted by Gasteiger charge is -2.30. The fraction of sp³-hybridized carbons (Fsp3) is 0.925. The number of carbonyl (C=O) groups excluding carboxylic acids is 1. The van der Waals surface area contributed by atoms with E-state index in [-0.39, 0.29) is 32.0 Å². The second kappa shape index (κ2) is 48.2. The predicted molar refractivity (Wildman–Crippen MR) is 271 cm³/mol. The van der Waals surface area contributed by atoms with Crippen molar-refractivity contribution in [2.75, 3.05) is 78.5 Å². The highest BCUT2D eigenvalue weighted by Crippen LogP contribution is 2.16. The van der Waals surface area contributed by atoms with Crippen molar-refractivity contribution in [1.29, 1.82) is 0 Å². The van der Waals surface area contributed by atoms with E-state index in [1.807, 2.05) is 4.90 Å². The van der Waals surface area contributed by atoms with Gasteiger partial charge in [-0.1, -0.05) is 206 Å². The summed E-state index contributed by atoms with van der Waals surface area (Å²) in [5.74, 6) is -2.73. The zero-order chi connectivity index (χ0) is 47.9. The van der Waals surface area contributed by atoms with Crippen LogP contribution >= 0.6 is 0 Å². The van der Waals surface area contributed by atoms with Crippen LogP contribution in [0.1, 0.15) is 239 Å². The Kier molecular flexibility index (Phi) is 46.5. The topological polar surface area (TPSA) is 168 Å². The summed E-state index contributed by atoms with van der Waals surface area (Å²) in [5, 5.41) is 28.1. The van der Waals surface area contributed by atoms with Gasteiger partial charge in [0.25, 0.3) is 0 Å². The van der Waals surface area contributed by atoms with Gasteiger partial charge in [-0.2, -0.15) is 0 Å². The molecule has 0 heterocycles. The van der Waals surface area contributed by atoms with Crippen molar-refractivity contribution in [3.8, 4) is 0 Å². The van der Waals surface area contributed by atoms with Gasteiger partial charge in [0.05, 0.1) is 19.6 Å². The Morgan fingerprint density at radius 3 is 0.892 bits per heavy atom. The third-order valence-corrected chi connectivity index (χ3v) is 13.0. The normalized spacial score (nSPS) is 11.7. The van der Waals surface area contributed by atoms with Gasteiger partial charge in [-0.15, -0.1) is 0 Å². The number of carboxylic acids is 3. The van der Waals surface area contributed by atoms with Gasteiger partial charge in [-0.25, -0.2) is 0 Å². The zero-order valence-electron chi connectivity index (χ0n) is 42.6. The molecule has 0 bridgehead atoms. The van der Waals surface area contributed by atoms with Gasteiger partial charge in [-0.3, -0.25) is 33.9 Å². The molecule has 0 saturated heterocycles. The molecule has 0 aromatic rings. The number of nitrogens with two attached hydrogens (primary N) is 1. The third kappa shape index (κ3) is 45.3. The number of amides is 1. The minimum absolute atomic E-state index is 0.0260. The van der Waals surface area contributed by atoms with E-state index in [4.69, 9.17) is 10.8 Å². The Labute approximate surface area is 399 Å². The first kappa shape index (κ1) is 62.7. The Morgan fingerprint density at radius 1 is 0.323 bits per heavy atom. The van der Waals surface area contributed by atoms with Crippen LogP contribution in [0, 0.1) is 0 Å². The summed E-state index contributed by atoms with van der Waals surface area (Å²) in [7, 11) is 0. The van der Waals surface area contributed by atoms with E-state index in [9.17, 15) is 29.4 Å². The quantitative estimate of drug-likeness (QED) is 0.0429. The van der Waals surface area contributed by atoms with E-state index >= 15 is 0 Å². The van der Waals surface area contributed by atoms with Crippen LogP contribution in [-0.4, -0.2) is 137 Å². The molecule has 0 rings (SSSR count). The highest BCUT2D eigenvalue weighted by Gasteiger charge is 2.20. The zero-order valence-corrected chi connectivity index (χ0v) is 42.6. The number of carboxylic acid groups (broad SMARTS) is 3. The number of aliphatic carboxylic acids is 3. The van der Waals surface area contributed by atoms with Crippen LogP contribution in [-0.2, 0) is 19.2 Å². The van der Waals surface area contributed by atoms with Crippen molar-refractivity contribution in [1.82, 2.24) is 19.6 Å². The molecular formula is C53H105N5O7. The van der Waals surface area contributed by atoms with E-state index in [1.54, 1.807) is 9.80 Å². The molecule has 0 saturated carbocycles. The lowest BCUT2D eigenvalue weighted by Crippen LogP contribution is -2.47. The van der Waals surface area contributed by atoms with Crippen molar-refractivity contribution in [3.05, 3.63) is 0 Å². The maximum absolute atomic E-state index is 14.0. The van der Waals surface area contributed by atoms with Crippen LogP contribution in [0.25, 0.3) is 0 Å². The number of hydrogen-bond acceptors (Lipinski definition) is 8. The molecule has 0 unspecified atom stereocenters. The minimum Gasteiger partial charge on any atom is -0.481 e. The van der Waals surface area contributed by atoms with Crippen molar-refractivity contribution in [2.24, 2.45) is 5.73 Å². The van der Waals surface area contributed by atoms with Crippen molar-refractivity contribution in [2.45, 2.75) is 239 Å². The second-order valence-electron chi connectivity index (χ2n) is 19.2. The monoisotopic (exact) mass is 924 g/mol. The average molecular weight is 924 g/mol. The number of unbranched alkanes of at least 4 members (excludes halogenated alkanes) is 31. The largest absolute Gasteiger partial charge is 0.481 e. The molecule has 0 fully saturated rings. The van der Waals surface area contributed by atoms with E-state index < -0.39 is 17.9 Å². The summed E-state index contributed by atoms with van der Waals surface area (Å²) in [5.41, 5.74) is 6.02. The lowest BCUT2D eigenvalue weighted by molar-refractivity contribution is -0.140. The molecule has 0 atom stereocenters. The molecule has 0 aromatic heterocycles. The molecule has 0 spiro atoms. The molecule has 0 aliphatic heterocycles. The Hall–Kier alpha value is -2.28. The third-order valence-electron chi connectivity index (χ3n) is 13.0. The van der Waals surface area contributed by atoms with E-state index in [0.717, 1.165) is 38.8 Å². The number of rotatable bonds is 53. The Morgan fingerprint density at radius 2 is 0.600 bits per heavy atom. The maximum atomic E-state index is 14.0. The van der Waals surface area contributed by atoms with Crippen molar-refractivity contribution >= 4 is 23.8 Å². The first-order valence-corrected chi connectivity index (χ1v) is 27.4. The summed E-state index contributed by atoms with van der Waals surface area (Å²) < 4.78 is 0. The number of nitrogens with zero attached hydrogens (tertiary/aromatic N) is 4. The Bertz CT molecular complexity index is 1060. The first-order valence-electron chi connectivity index (χ1n) is 27.4. The van der Waals surface area contributed by atoms with Crippen LogP contribution in [0.5, 0.6) is 0 Å². The molecule has 0 aliphatic rings. The maximum Gasteiger partial charge on any atom is 0.317 e. The van der Waals surface area contributed by atoms with Gasteiger partial charge in [-0.05, 0) is 32.2 Å². The summed E-state index contributed by atoms with van der Waals surface area (Å²) in [6.45, 7) is 8.81. The van der Waals surface area contributed by atoms with Gasteiger partial charge in [0.1, 0.15) is 0 Å². The molecule has 12 nitrogen and oxygen atoms in total. The molecular weight excluding hydrogens is 819 g/mol. The molecule has 0 radical (unpaired) electrons. The highest BCUT2D eigenvalue weighted by atomic mass is 16.4. The van der Waals surface area contributed by atoms with E-state index in [0.29, 0.717) is 58.7 Å². The molecule has 1 amide bonds. The highest BCUT2D eigenvalue weighted by molar-refractivity contribution is 5.78. The summed E-state index contributed by atoms with van der Waals surface area (Å²) in [4.78, 5) is 55.9. The van der Waals surface area contributed by atoms with Gasteiger partial charge < -0.3 is 26.0 Å². The standard InChI is InChI=1S/C53H105N5O7/c1-3-5-7-9-11-13-15-17-19-21-23-25-27-29-31-34-40-58(41-35-32-30-28-26-24-22-20-18-16-14-12-10-8-6-4-2)50(59)47-56(42-38-54)44-46-57(49-53(64)65)45-43-55(48-52(62)63)39-36-33-37-51(60)61/h3-49,54H2,1-2H3,(H,60,61)(H,62,63)(H,64,65). The second-order valence-corrected chi connectivity index (χ2v) is 19.2. The SMILES string of the molecule is CCCCCCCCCCCCCCCCCCN(CCCCCCCCCCCCCCCCCC)C(=O)CN(CCN)CCN(CCN(CCCCC(=O)O)CC(=O)O)CC(=O)O. The van der Waals surface area contributed by atoms with E-state index in [2.05, 4.69) is 18.7 Å². The molecule has 5 N–H and O–H groups in total. The fourth-order valence-electron chi connectivity index (χ4n) is 8.91. The van der Waals surface area contributed by atoms with Gasteiger partial charge >= 0.3 is 17.9 Å². The van der Waals surface area contributed by atoms with Crippen LogP contribution in [0.2, 0.25) is 0 Å². The lowest BCUT2D eigenvalue weighted by atomic mass is 10.0. The molecule has 0 aromatic carbocycles. The van der Waals surface area contributed by atoms with Gasteiger partial charge in [0.2, 0.25) is 5.91 Å². The van der Waals surface area contributed by atoms with Crippen LogP contribution < -0.4 is 5.73 Å². The van der Waals surface area contributed by atoms with E-state index in [1.165, 1.54) is 180 Å². The fourth-order valence-corrected chi connectivity index (χ4v) is 8.91. The molecule has 0 aliphatic carbocycles. The van der Waals surface area contributed by atoms with Crippen LogP contribution in [0.15, 0.2) is 0 Å². The molecule has 65 heavy (non-hydrogen) atoms. The number of carbonyl (C=O) groups is 4. The Balaban J connectivity index is 5.00. The van der Waals surface area contributed by atoms with Crippen LogP contribution in [0.3, 0.4) is 0 Å².